The summed E-state index contributed by atoms with van der Waals surface area (Å²) in [6.07, 6.45) is 2.53. The molecular weight excluding hydrogens is 210 g/mol. The Kier molecular flexibility index (Phi) is 3.40. The van der Waals surface area contributed by atoms with Gasteiger partial charge >= 0.3 is 0 Å². The lowest BCUT2D eigenvalue weighted by molar-refractivity contribution is 0.720. The topological polar surface area (TPSA) is 64.9 Å². The first-order chi connectivity index (χ1) is 8.16. The third-order valence-corrected chi connectivity index (χ3v) is 2.78. The van der Waals surface area contributed by atoms with Gasteiger partial charge in [0.1, 0.15) is 5.82 Å². The Morgan fingerprint density at radius 3 is 2.65 bits per heavy atom. The van der Waals surface area contributed by atoms with E-state index in [4.69, 9.17) is 11.5 Å². The molecule has 2 rings (SSSR count). The molecule has 0 radical (unpaired) electrons. The number of hydrogen-bond acceptors (Lipinski definition) is 3. The molecule has 1 atom stereocenters. The fraction of sp³-hybridized carbons (Fsp3) is 0.214. The van der Waals surface area contributed by atoms with Crippen LogP contribution in [0, 0.1) is 6.92 Å². The van der Waals surface area contributed by atoms with Gasteiger partial charge in [0.2, 0.25) is 0 Å². The average Bonchev–Trinajstić information content (AvgIpc) is 2.33. The minimum Gasteiger partial charge on any atom is -0.383 e. The quantitative estimate of drug-likeness (QED) is 0.845. The first-order valence-electron chi connectivity index (χ1n) is 5.68. The molecule has 1 unspecified atom stereocenters. The first-order valence-corrected chi connectivity index (χ1v) is 5.68. The highest BCUT2D eigenvalue weighted by Gasteiger charge is 2.11. The summed E-state index contributed by atoms with van der Waals surface area (Å²) in [5.41, 5.74) is 15.2. The molecule has 3 nitrogen and oxygen atoms in total. The van der Waals surface area contributed by atoms with E-state index in [1.165, 1.54) is 5.56 Å². The zero-order valence-corrected chi connectivity index (χ0v) is 9.93. The van der Waals surface area contributed by atoms with E-state index in [9.17, 15) is 0 Å². The molecule has 0 amide bonds. The Bertz CT molecular complexity index is 494. The van der Waals surface area contributed by atoms with Crippen LogP contribution in [0.1, 0.15) is 22.7 Å². The zero-order valence-electron chi connectivity index (χ0n) is 9.93. The molecule has 0 fully saturated rings. The van der Waals surface area contributed by atoms with Crippen molar-refractivity contribution in [2.24, 2.45) is 5.73 Å². The van der Waals surface area contributed by atoms with Crippen LogP contribution < -0.4 is 11.5 Å². The van der Waals surface area contributed by atoms with Crippen LogP contribution in [-0.2, 0) is 6.42 Å². The van der Waals surface area contributed by atoms with E-state index in [1.54, 1.807) is 6.20 Å². The molecule has 4 N–H and O–H groups in total. The number of aromatic nitrogens is 1. The molecule has 0 saturated heterocycles. The Hall–Kier alpha value is -1.87. The lowest BCUT2D eigenvalue weighted by Crippen LogP contribution is -2.16. The van der Waals surface area contributed by atoms with Crippen LogP contribution in [0.5, 0.6) is 0 Å². The number of hydrogen-bond donors (Lipinski definition) is 2. The Morgan fingerprint density at radius 1 is 1.24 bits per heavy atom. The summed E-state index contributed by atoms with van der Waals surface area (Å²) >= 11 is 0. The van der Waals surface area contributed by atoms with Gasteiger partial charge < -0.3 is 11.5 Å². The van der Waals surface area contributed by atoms with Gasteiger partial charge in [0, 0.05) is 17.8 Å². The molecule has 1 heterocycles. The number of pyridine rings is 1. The predicted octanol–water partition coefficient (Wildman–Crippen LogP) is 2.21. The molecule has 17 heavy (non-hydrogen) atoms. The summed E-state index contributed by atoms with van der Waals surface area (Å²) in [5, 5.41) is 0. The van der Waals surface area contributed by atoms with Crippen molar-refractivity contribution in [2.45, 2.75) is 19.4 Å². The van der Waals surface area contributed by atoms with E-state index in [0.717, 1.165) is 17.5 Å². The summed E-state index contributed by atoms with van der Waals surface area (Å²) < 4.78 is 0. The van der Waals surface area contributed by atoms with E-state index in [2.05, 4.69) is 17.1 Å². The summed E-state index contributed by atoms with van der Waals surface area (Å²) in [5.74, 6) is 0.527. The number of rotatable bonds is 3. The standard InChI is InChI=1S/C14H17N3/c1-10-7-12(14(16)17-9-10)13(15)8-11-5-3-2-4-6-11/h2-7,9,13H,8,15H2,1H3,(H2,16,17). The molecule has 0 aliphatic rings. The monoisotopic (exact) mass is 227 g/mol. The van der Waals surface area contributed by atoms with Crippen LogP contribution in [0.25, 0.3) is 0 Å². The van der Waals surface area contributed by atoms with Gasteiger partial charge in [0.05, 0.1) is 0 Å². The van der Waals surface area contributed by atoms with Crippen molar-refractivity contribution in [2.75, 3.05) is 5.73 Å². The van der Waals surface area contributed by atoms with Gasteiger partial charge in [-0.25, -0.2) is 4.98 Å². The second kappa shape index (κ2) is 4.97. The molecule has 88 valence electrons. The van der Waals surface area contributed by atoms with Crippen LogP contribution in [0.3, 0.4) is 0 Å². The molecule has 0 spiro atoms. The van der Waals surface area contributed by atoms with Gasteiger partial charge in [0.25, 0.3) is 0 Å². The predicted molar refractivity (Wildman–Crippen MR) is 70.5 cm³/mol. The highest BCUT2D eigenvalue weighted by Crippen LogP contribution is 2.21. The molecular formula is C14H17N3. The number of nitrogens with two attached hydrogens (primary N) is 2. The highest BCUT2D eigenvalue weighted by molar-refractivity contribution is 5.43. The van der Waals surface area contributed by atoms with Gasteiger partial charge in [-0.3, -0.25) is 0 Å². The molecule has 2 aromatic rings. The fourth-order valence-corrected chi connectivity index (χ4v) is 1.88. The maximum absolute atomic E-state index is 6.18. The van der Waals surface area contributed by atoms with Crippen molar-refractivity contribution in [1.82, 2.24) is 4.98 Å². The molecule has 0 aliphatic heterocycles. The Labute approximate surface area is 101 Å². The maximum atomic E-state index is 6.18. The van der Waals surface area contributed by atoms with Crippen LogP contribution >= 0.6 is 0 Å². The number of anilines is 1. The van der Waals surface area contributed by atoms with E-state index in [1.807, 2.05) is 31.2 Å². The summed E-state index contributed by atoms with van der Waals surface area (Å²) in [4.78, 5) is 4.14. The summed E-state index contributed by atoms with van der Waals surface area (Å²) in [6, 6.07) is 12.1. The minimum atomic E-state index is -0.107. The number of aryl methyl sites for hydroxylation is 1. The number of nitrogen functional groups attached to an aromatic ring is 1. The number of benzene rings is 1. The van der Waals surface area contributed by atoms with E-state index >= 15 is 0 Å². The molecule has 1 aromatic heterocycles. The summed E-state index contributed by atoms with van der Waals surface area (Å²) in [6.45, 7) is 1.99. The Morgan fingerprint density at radius 2 is 1.94 bits per heavy atom. The molecule has 1 aromatic carbocycles. The van der Waals surface area contributed by atoms with Crippen molar-refractivity contribution in [1.29, 1.82) is 0 Å². The number of nitrogens with zero attached hydrogens (tertiary/aromatic N) is 1. The average molecular weight is 227 g/mol. The third kappa shape index (κ3) is 2.82. The van der Waals surface area contributed by atoms with Crippen molar-refractivity contribution in [3.63, 3.8) is 0 Å². The molecule has 3 heteroatoms. The van der Waals surface area contributed by atoms with Gasteiger partial charge in [-0.1, -0.05) is 30.3 Å². The van der Waals surface area contributed by atoms with Gasteiger partial charge in [-0.15, -0.1) is 0 Å². The molecule has 0 bridgehead atoms. The van der Waals surface area contributed by atoms with Crippen LogP contribution in [-0.4, -0.2) is 4.98 Å². The van der Waals surface area contributed by atoms with Crippen molar-refractivity contribution >= 4 is 5.82 Å². The maximum Gasteiger partial charge on any atom is 0.128 e. The minimum absolute atomic E-state index is 0.107. The SMILES string of the molecule is Cc1cnc(N)c(C(N)Cc2ccccc2)c1. The van der Waals surface area contributed by atoms with Crippen LogP contribution in [0.2, 0.25) is 0 Å². The van der Waals surface area contributed by atoms with Crippen molar-refractivity contribution in [3.8, 4) is 0 Å². The fourth-order valence-electron chi connectivity index (χ4n) is 1.88. The lowest BCUT2D eigenvalue weighted by atomic mass is 9.99. The largest absolute Gasteiger partial charge is 0.383 e. The van der Waals surface area contributed by atoms with E-state index in [0.29, 0.717) is 5.82 Å². The second-order valence-corrected chi connectivity index (χ2v) is 4.28. The van der Waals surface area contributed by atoms with Gasteiger partial charge in [0.15, 0.2) is 0 Å². The van der Waals surface area contributed by atoms with E-state index < -0.39 is 0 Å². The van der Waals surface area contributed by atoms with Crippen molar-refractivity contribution in [3.05, 3.63) is 59.3 Å². The normalized spacial score (nSPS) is 12.4. The third-order valence-electron chi connectivity index (χ3n) is 2.78. The van der Waals surface area contributed by atoms with Crippen LogP contribution in [0.15, 0.2) is 42.6 Å². The Balaban J connectivity index is 2.20. The first kappa shape index (κ1) is 11.6. The smallest absolute Gasteiger partial charge is 0.128 e. The van der Waals surface area contributed by atoms with Crippen LogP contribution in [0.4, 0.5) is 5.82 Å². The van der Waals surface area contributed by atoms with Gasteiger partial charge in [-0.2, -0.15) is 0 Å². The van der Waals surface area contributed by atoms with Crippen molar-refractivity contribution < 1.29 is 0 Å². The highest BCUT2D eigenvalue weighted by atomic mass is 14.8. The van der Waals surface area contributed by atoms with E-state index in [-0.39, 0.29) is 6.04 Å². The van der Waals surface area contributed by atoms with Gasteiger partial charge in [-0.05, 0) is 30.5 Å². The lowest BCUT2D eigenvalue weighted by Gasteiger charge is -2.14. The zero-order chi connectivity index (χ0) is 12.3. The summed E-state index contributed by atoms with van der Waals surface area (Å²) in [7, 11) is 0. The molecule has 0 saturated carbocycles. The second-order valence-electron chi connectivity index (χ2n) is 4.28. The molecule has 0 aliphatic carbocycles.